The number of aliphatic hydroxyl groups excluding tert-OH is 1. The van der Waals surface area contributed by atoms with E-state index in [1.165, 1.54) is 10.4 Å². The molecular formula is C33H39N3O6S2. The highest BCUT2D eigenvalue weighted by Gasteiger charge is 2.37. The number of oxime groups is 1. The maximum Gasteiger partial charge on any atom is 0.243 e. The van der Waals surface area contributed by atoms with Crippen molar-refractivity contribution in [3.05, 3.63) is 76.9 Å². The summed E-state index contributed by atoms with van der Waals surface area (Å²) >= 11 is 0. The summed E-state index contributed by atoms with van der Waals surface area (Å²) in [6.45, 7) is 7.84. The molecule has 1 aliphatic heterocycles. The monoisotopic (exact) mass is 637 g/mol. The quantitative estimate of drug-likeness (QED) is 0.226. The molecule has 3 aromatic carbocycles. The highest BCUT2D eigenvalue weighted by Crippen LogP contribution is 2.42. The number of sulfonamides is 1. The van der Waals surface area contributed by atoms with Crippen molar-refractivity contribution in [1.82, 2.24) is 4.31 Å². The molecule has 1 saturated heterocycles. The van der Waals surface area contributed by atoms with Crippen LogP contribution in [0.15, 0.2) is 69.5 Å². The van der Waals surface area contributed by atoms with Gasteiger partial charge in [0.25, 0.3) is 0 Å². The lowest BCUT2D eigenvalue weighted by molar-refractivity contribution is 0.246. The molecule has 2 N–H and O–H groups in total. The van der Waals surface area contributed by atoms with Crippen LogP contribution in [0.25, 0.3) is 11.1 Å². The molecule has 11 heteroatoms. The van der Waals surface area contributed by atoms with Crippen LogP contribution >= 0.6 is 0 Å². The van der Waals surface area contributed by atoms with Crippen LogP contribution < -0.4 is 4.90 Å². The molecule has 6 rings (SSSR count). The molecule has 0 spiro atoms. The Morgan fingerprint density at radius 1 is 0.841 bits per heavy atom. The van der Waals surface area contributed by atoms with Gasteiger partial charge in [0.05, 0.1) is 21.6 Å². The second-order valence-electron chi connectivity index (χ2n) is 12.9. The first-order valence-electron chi connectivity index (χ1n) is 15.1. The van der Waals surface area contributed by atoms with Crippen molar-refractivity contribution >= 4 is 31.3 Å². The molecule has 0 aromatic heterocycles. The van der Waals surface area contributed by atoms with Crippen molar-refractivity contribution in [3.63, 3.8) is 0 Å². The maximum atomic E-state index is 13.8. The molecule has 2 fully saturated rings. The summed E-state index contributed by atoms with van der Waals surface area (Å²) in [5, 5.41) is 22.8. The third-order valence-corrected chi connectivity index (χ3v) is 13.9. The van der Waals surface area contributed by atoms with Crippen LogP contribution in [0.2, 0.25) is 0 Å². The van der Waals surface area contributed by atoms with E-state index < -0.39 is 25.1 Å². The summed E-state index contributed by atoms with van der Waals surface area (Å²) in [4.78, 5) is 2.42. The third-order valence-electron chi connectivity index (χ3n) is 9.74. The molecule has 0 amide bonds. The van der Waals surface area contributed by atoms with Gasteiger partial charge in [-0.2, -0.15) is 4.31 Å². The van der Waals surface area contributed by atoms with Crippen molar-refractivity contribution in [3.8, 4) is 11.1 Å². The van der Waals surface area contributed by atoms with Crippen LogP contribution in [0.1, 0.15) is 61.8 Å². The zero-order chi connectivity index (χ0) is 31.4. The summed E-state index contributed by atoms with van der Waals surface area (Å²) in [5.74, 6) is 0. The number of benzene rings is 3. The van der Waals surface area contributed by atoms with Gasteiger partial charge in [-0.1, -0.05) is 43.3 Å². The largest absolute Gasteiger partial charge is 0.410 e. The van der Waals surface area contributed by atoms with Gasteiger partial charge >= 0.3 is 0 Å². The van der Waals surface area contributed by atoms with E-state index in [9.17, 15) is 27.1 Å². The number of hydrogen-bond donors (Lipinski definition) is 2. The summed E-state index contributed by atoms with van der Waals surface area (Å²) in [6, 6.07) is 15.5. The number of nitrogens with zero attached hydrogens (tertiary/aromatic N) is 3. The summed E-state index contributed by atoms with van der Waals surface area (Å²) in [5.41, 5.74) is 5.45. The Morgan fingerprint density at radius 3 is 2.02 bits per heavy atom. The van der Waals surface area contributed by atoms with E-state index in [4.69, 9.17) is 0 Å². The van der Waals surface area contributed by atoms with Crippen LogP contribution in [0, 0.1) is 12.3 Å². The smallest absolute Gasteiger partial charge is 0.243 e. The lowest BCUT2D eigenvalue weighted by Crippen LogP contribution is -2.48. The van der Waals surface area contributed by atoms with E-state index in [-0.39, 0.29) is 27.5 Å². The van der Waals surface area contributed by atoms with Crippen LogP contribution in [-0.2, 0) is 26.5 Å². The number of aliphatic hydroxyl groups is 1. The summed E-state index contributed by atoms with van der Waals surface area (Å²) < 4.78 is 56.2. The second kappa shape index (κ2) is 11.3. The minimum Gasteiger partial charge on any atom is -0.410 e. The van der Waals surface area contributed by atoms with Gasteiger partial charge in [0.1, 0.15) is 5.71 Å². The third kappa shape index (κ3) is 5.23. The van der Waals surface area contributed by atoms with Gasteiger partial charge in [0.15, 0.2) is 9.84 Å². The zero-order valence-electron chi connectivity index (χ0n) is 25.3. The van der Waals surface area contributed by atoms with Crippen molar-refractivity contribution < 1.29 is 27.1 Å². The van der Waals surface area contributed by atoms with Gasteiger partial charge in [-0.3, -0.25) is 0 Å². The average Bonchev–Trinajstić information content (AvgIpc) is 3.33. The van der Waals surface area contributed by atoms with Crippen LogP contribution in [0.5, 0.6) is 0 Å². The molecule has 2 aliphatic carbocycles. The SMILES string of the molecule is Cc1c(CO)cccc1N1CCN(S(=O)(=O)c2ccc3c(c2)/C(=N/O)c2cc(S(=O)(=O)C4CCC(C)(C)CC4)ccc2-3)CC1. The molecule has 3 aliphatic rings. The van der Waals surface area contributed by atoms with Gasteiger partial charge < -0.3 is 15.2 Å². The van der Waals surface area contributed by atoms with E-state index >= 15 is 0 Å². The van der Waals surface area contributed by atoms with E-state index in [0.717, 1.165) is 29.7 Å². The van der Waals surface area contributed by atoms with Crippen molar-refractivity contribution in [2.45, 2.75) is 68.1 Å². The zero-order valence-corrected chi connectivity index (χ0v) is 27.0. The highest BCUT2D eigenvalue weighted by molar-refractivity contribution is 7.92. The fourth-order valence-electron chi connectivity index (χ4n) is 6.88. The van der Waals surface area contributed by atoms with Gasteiger partial charge in [-0.25, -0.2) is 16.8 Å². The summed E-state index contributed by atoms with van der Waals surface area (Å²) in [6.07, 6.45) is 2.91. The van der Waals surface area contributed by atoms with Crippen LogP contribution in [0.3, 0.4) is 0 Å². The van der Waals surface area contributed by atoms with Gasteiger partial charge in [0.2, 0.25) is 10.0 Å². The van der Waals surface area contributed by atoms with Gasteiger partial charge in [-0.15, -0.1) is 0 Å². The van der Waals surface area contributed by atoms with E-state index in [2.05, 4.69) is 23.9 Å². The molecule has 234 valence electrons. The first kappa shape index (κ1) is 30.8. The highest BCUT2D eigenvalue weighted by atomic mass is 32.2. The van der Waals surface area contributed by atoms with E-state index in [0.29, 0.717) is 61.3 Å². The predicted octanol–water partition coefficient (Wildman–Crippen LogP) is 4.95. The number of piperazine rings is 1. The maximum absolute atomic E-state index is 13.8. The minimum atomic E-state index is -3.85. The van der Waals surface area contributed by atoms with Crippen molar-refractivity contribution in [2.24, 2.45) is 10.6 Å². The molecule has 1 heterocycles. The van der Waals surface area contributed by atoms with Crippen molar-refractivity contribution in [2.75, 3.05) is 31.1 Å². The first-order chi connectivity index (χ1) is 20.9. The Kier molecular flexibility index (Phi) is 7.88. The number of anilines is 1. The molecule has 1 saturated carbocycles. The topological polar surface area (TPSA) is 128 Å². The standard InChI is InChI=1S/C33H39N3O6S2/c1-22-23(21-37)5-4-6-31(22)35-15-17-36(18-16-35)44(41,42)26-8-10-28-27-9-7-25(19-29(27)32(34-38)30(28)20-26)43(39,40)24-11-13-33(2,3)14-12-24/h4-10,19-20,24,37-38H,11-18,21H2,1-3H3/b34-32+. The van der Waals surface area contributed by atoms with Crippen LogP contribution in [0.4, 0.5) is 5.69 Å². The number of hydrogen-bond acceptors (Lipinski definition) is 8. The molecule has 0 bridgehead atoms. The number of sulfone groups is 1. The average molecular weight is 638 g/mol. The minimum absolute atomic E-state index is 0.0501. The normalized spacial score (nSPS) is 20.1. The number of fused-ring (bicyclic) bond motifs is 3. The Labute approximate surface area is 259 Å². The van der Waals surface area contributed by atoms with E-state index in [1.807, 2.05) is 25.1 Å². The molecule has 0 unspecified atom stereocenters. The molecule has 3 aromatic rings. The van der Waals surface area contributed by atoms with E-state index in [1.54, 1.807) is 30.3 Å². The predicted molar refractivity (Wildman–Crippen MR) is 171 cm³/mol. The van der Waals surface area contributed by atoms with Crippen LogP contribution in [-0.4, -0.2) is 68.6 Å². The Hall–Kier alpha value is -3.25. The number of rotatable bonds is 6. The van der Waals surface area contributed by atoms with Gasteiger partial charge in [0, 0.05) is 43.0 Å². The second-order valence-corrected chi connectivity index (χ2v) is 17.0. The lowest BCUT2D eigenvalue weighted by atomic mass is 9.77. The Balaban J connectivity index is 1.24. The lowest BCUT2D eigenvalue weighted by Gasteiger charge is -2.36. The molecule has 44 heavy (non-hydrogen) atoms. The first-order valence-corrected chi connectivity index (χ1v) is 18.1. The van der Waals surface area contributed by atoms with Crippen molar-refractivity contribution in [1.29, 1.82) is 0 Å². The molecule has 0 radical (unpaired) electrons. The Bertz CT molecular complexity index is 1850. The Morgan fingerprint density at radius 2 is 1.43 bits per heavy atom. The molecule has 0 atom stereocenters. The fourth-order valence-corrected chi connectivity index (χ4v) is 10.1. The van der Waals surface area contributed by atoms with Gasteiger partial charge in [-0.05, 0) is 90.6 Å². The molecule has 9 nitrogen and oxygen atoms in total. The summed E-state index contributed by atoms with van der Waals surface area (Å²) in [7, 11) is -7.44. The molecular weight excluding hydrogens is 599 g/mol. The fraction of sp³-hybridized carbons (Fsp3) is 0.424.